The van der Waals surface area contributed by atoms with Crippen LogP contribution in [0.4, 0.5) is 0 Å². The molecule has 2 saturated heterocycles. The van der Waals surface area contributed by atoms with E-state index in [1.807, 2.05) is 0 Å². The zero-order chi connectivity index (χ0) is 27.0. The summed E-state index contributed by atoms with van der Waals surface area (Å²) in [7, 11) is -7.61. The molecule has 2 atom stereocenters. The molecule has 4 heterocycles. The first kappa shape index (κ1) is 27.0. The van der Waals surface area contributed by atoms with Gasteiger partial charge in [0.25, 0.3) is 0 Å². The molecular weight excluding hydrogens is 534 g/mol. The van der Waals surface area contributed by atoms with E-state index in [1.54, 1.807) is 30.5 Å². The van der Waals surface area contributed by atoms with E-state index in [2.05, 4.69) is 15.3 Å². The summed E-state index contributed by atoms with van der Waals surface area (Å²) in [6, 6.07) is 9.38. The van der Waals surface area contributed by atoms with Crippen molar-refractivity contribution in [3.8, 4) is 5.75 Å². The van der Waals surface area contributed by atoms with Crippen molar-refractivity contribution in [1.82, 2.24) is 19.6 Å². The van der Waals surface area contributed by atoms with Crippen LogP contribution in [0.2, 0.25) is 0 Å². The Balaban J connectivity index is 1.10. The van der Waals surface area contributed by atoms with Crippen LogP contribution in [0.5, 0.6) is 5.75 Å². The summed E-state index contributed by atoms with van der Waals surface area (Å²) in [5, 5.41) is 18.8. The Hall–Kier alpha value is -2.59. The fourth-order valence-corrected chi connectivity index (χ4v) is 7.10. The fourth-order valence-electron chi connectivity index (χ4n) is 5.02. The highest BCUT2D eigenvalue weighted by Crippen LogP contribution is 2.37. The predicted molar refractivity (Wildman–Crippen MR) is 138 cm³/mol. The number of aromatic amines is 1. The molecule has 5 rings (SSSR count). The molecule has 2 fully saturated rings. The number of rotatable bonds is 9. The van der Waals surface area contributed by atoms with E-state index >= 15 is 0 Å². The van der Waals surface area contributed by atoms with Crippen LogP contribution < -0.4 is 15.2 Å². The van der Waals surface area contributed by atoms with E-state index < -0.39 is 31.8 Å². The number of hydrogen-bond donors (Lipinski definition) is 4. The molecule has 12 nitrogen and oxygen atoms in total. The summed E-state index contributed by atoms with van der Waals surface area (Å²) in [5.74, 6) is 0.0857. The van der Waals surface area contributed by atoms with Crippen LogP contribution in [0, 0.1) is 0 Å². The number of hydrogen-bond acceptors (Lipinski definition) is 9. The number of aliphatic hydroxyl groups is 1. The Morgan fingerprint density at radius 3 is 2.76 bits per heavy atom. The van der Waals surface area contributed by atoms with Gasteiger partial charge >= 0.3 is 0 Å². The average Bonchev–Trinajstić information content (AvgIpc) is 3.53. The molecule has 1 aromatic carbocycles. The molecular formula is C24H31N5O7S2. The van der Waals surface area contributed by atoms with Gasteiger partial charge in [-0.3, -0.25) is 4.98 Å². The van der Waals surface area contributed by atoms with E-state index in [4.69, 9.17) is 14.6 Å². The summed E-state index contributed by atoms with van der Waals surface area (Å²) in [6.07, 6.45) is 4.05. The maximum Gasteiger partial charge on any atom is 0.244 e. The SMILES string of the molecule is NS(=O)(=O)c1ccccc1OC[C@@H](O)CN[C@@H]1COC2(CCN(S(=O)(=O)c3cnc4cc[nH]c4c3)CC2)C1. The van der Waals surface area contributed by atoms with Gasteiger partial charge in [0.2, 0.25) is 20.0 Å². The molecule has 2 aliphatic heterocycles. The van der Waals surface area contributed by atoms with Gasteiger partial charge in [0.1, 0.15) is 28.3 Å². The number of nitrogens with two attached hydrogens (primary N) is 1. The van der Waals surface area contributed by atoms with Crippen molar-refractivity contribution in [3.63, 3.8) is 0 Å². The van der Waals surface area contributed by atoms with Crippen LogP contribution in [0.1, 0.15) is 19.3 Å². The van der Waals surface area contributed by atoms with Crippen molar-refractivity contribution < 1.29 is 31.4 Å². The minimum atomic E-state index is -3.94. The van der Waals surface area contributed by atoms with Gasteiger partial charge in [-0.15, -0.1) is 0 Å². The Morgan fingerprint density at radius 2 is 2.00 bits per heavy atom. The first-order valence-corrected chi connectivity index (χ1v) is 15.3. The number of ether oxygens (including phenoxy) is 2. The zero-order valence-electron chi connectivity index (χ0n) is 20.6. The van der Waals surface area contributed by atoms with Crippen LogP contribution >= 0.6 is 0 Å². The molecule has 206 valence electrons. The van der Waals surface area contributed by atoms with Crippen LogP contribution in [0.3, 0.4) is 0 Å². The lowest BCUT2D eigenvalue weighted by molar-refractivity contribution is -0.0312. The lowest BCUT2D eigenvalue weighted by atomic mass is 9.88. The van der Waals surface area contributed by atoms with Crippen LogP contribution in [-0.4, -0.2) is 86.8 Å². The van der Waals surface area contributed by atoms with Gasteiger partial charge in [0.05, 0.1) is 23.2 Å². The van der Waals surface area contributed by atoms with Crippen LogP contribution in [0.25, 0.3) is 11.0 Å². The summed E-state index contributed by atoms with van der Waals surface area (Å²) < 4.78 is 62.9. The summed E-state index contributed by atoms with van der Waals surface area (Å²) in [5.41, 5.74) is 0.972. The van der Waals surface area contributed by atoms with Gasteiger partial charge in [-0.05, 0) is 43.5 Å². The average molecular weight is 566 g/mol. The number of pyridine rings is 1. The van der Waals surface area contributed by atoms with E-state index in [-0.39, 0.29) is 34.7 Å². The fraction of sp³-hybridized carbons (Fsp3) is 0.458. The molecule has 0 aliphatic carbocycles. The second kappa shape index (κ2) is 10.5. The number of para-hydroxylation sites is 1. The standard InChI is InChI=1S/C24H31N5O7S2/c25-37(31,32)23-4-2-1-3-22(23)35-16-18(30)13-27-17-12-24(36-15-17)6-9-29(10-7-24)38(33,34)19-11-21-20(28-14-19)5-8-26-21/h1-5,8,11,14,17-18,26-27,30H,6-7,9-10,12-13,15-16H2,(H2,25,31,32)/t17-,18-/m0/s1. The number of piperidine rings is 1. The number of nitrogens with one attached hydrogen (secondary N) is 2. The van der Waals surface area contributed by atoms with Crippen molar-refractivity contribution in [3.05, 3.63) is 48.8 Å². The maximum atomic E-state index is 13.2. The topological polar surface area (TPSA) is 177 Å². The Labute approximate surface area is 221 Å². The van der Waals surface area contributed by atoms with Gasteiger partial charge in [-0.2, -0.15) is 4.31 Å². The molecule has 5 N–H and O–H groups in total. The first-order chi connectivity index (χ1) is 18.1. The van der Waals surface area contributed by atoms with Gasteiger partial charge in [0.15, 0.2) is 0 Å². The van der Waals surface area contributed by atoms with E-state index in [0.29, 0.717) is 50.0 Å². The van der Waals surface area contributed by atoms with E-state index in [9.17, 15) is 21.9 Å². The third kappa shape index (κ3) is 5.71. The number of aromatic nitrogens is 2. The molecule has 0 unspecified atom stereocenters. The molecule has 1 spiro atoms. The molecule has 0 radical (unpaired) electrons. The summed E-state index contributed by atoms with van der Waals surface area (Å²) in [4.78, 5) is 7.25. The number of sulfonamides is 2. The minimum Gasteiger partial charge on any atom is -0.489 e. The molecule has 3 aromatic rings. The third-order valence-electron chi connectivity index (χ3n) is 7.08. The highest BCUT2D eigenvalue weighted by Gasteiger charge is 2.44. The van der Waals surface area contributed by atoms with Gasteiger partial charge < -0.3 is 24.9 Å². The number of benzene rings is 1. The molecule has 0 amide bonds. The van der Waals surface area contributed by atoms with Crippen molar-refractivity contribution in [2.75, 3.05) is 32.8 Å². The molecule has 0 saturated carbocycles. The molecule has 2 aliphatic rings. The number of fused-ring (bicyclic) bond motifs is 1. The lowest BCUT2D eigenvalue weighted by Crippen LogP contribution is -2.47. The van der Waals surface area contributed by atoms with Crippen molar-refractivity contribution in [2.24, 2.45) is 5.14 Å². The van der Waals surface area contributed by atoms with Crippen LogP contribution in [-0.2, 0) is 24.8 Å². The molecule has 0 bridgehead atoms. The molecule has 14 heteroatoms. The number of aliphatic hydroxyl groups excluding tert-OH is 1. The zero-order valence-corrected chi connectivity index (χ0v) is 22.2. The Kier molecular flexibility index (Phi) is 7.48. The first-order valence-electron chi connectivity index (χ1n) is 12.3. The van der Waals surface area contributed by atoms with Gasteiger partial charge in [0, 0.05) is 38.1 Å². The number of primary sulfonamides is 1. The molecule has 38 heavy (non-hydrogen) atoms. The van der Waals surface area contributed by atoms with Crippen molar-refractivity contribution >= 4 is 31.1 Å². The Bertz CT molecular complexity index is 1500. The maximum absolute atomic E-state index is 13.2. The monoisotopic (exact) mass is 565 g/mol. The highest BCUT2D eigenvalue weighted by molar-refractivity contribution is 7.89. The second-order valence-electron chi connectivity index (χ2n) is 9.75. The minimum absolute atomic E-state index is 0.0102. The molecule has 2 aromatic heterocycles. The quantitative estimate of drug-likeness (QED) is 0.288. The van der Waals surface area contributed by atoms with Crippen molar-refractivity contribution in [1.29, 1.82) is 0 Å². The third-order valence-corrected chi connectivity index (χ3v) is 9.90. The largest absolute Gasteiger partial charge is 0.489 e. The van der Waals surface area contributed by atoms with Crippen molar-refractivity contribution in [2.45, 2.75) is 46.8 Å². The van der Waals surface area contributed by atoms with E-state index in [0.717, 1.165) is 0 Å². The second-order valence-corrected chi connectivity index (χ2v) is 13.2. The Morgan fingerprint density at radius 1 is 1.24 bits per heavy atom. The van der Waals surface area contributed by atoms with Crippen LogP contribution in [0.15, 0.2) is 58.6 Å². The lowest BCUT2D eigenvalue weighted by Gasteiger charge is -2.38. The van der Waals surface area contributed by atoms with Gasteiger partial charge in [-0.25, -0.2) is 22.0 Å². The summed E-state index contributed by atoms with van der Waals surface area (Å²) in [6.45, 7) is 1.24. The smallest absolute Gasteiger partial charge is 0.244 e. The normalized spacial score (nSPS) is 21.2. The summed E-state index contributed by atoms with van der Waals surface area (Å²) >= 11 is 0. The number of nitrogens with zero attached hydrogens (tertiary/aromatic N) is 2. The van der Waals surface area contributed by atoms with E-state index in [1.165, 1.54) is 22.6 Å². The predicted octanol–water partition coefficient (Wildman–Crippen LogP) is 0.552. The number of H-pyrrole nitrogens is 1. The van der Waals surface area contributed by atoms with Gasteiger partial charge in [-0.1, -0.05) is 12.1 Å². The highest BCUT2D eigenvalue weighted by atomic mass is 32.2.